The second kappa shape index (κ2) is 7.99. The lowest BCUT2D eigenvalue weighted by Gasteiger charge is -2.26. The molecule has 0 saturated carbocycles. The predicted molar refractivity (Wildman–Crippen MR) is 103 cm³/mol. The van der Waals surface area contributed by atoms with Gasteiger partial charge in [0.15, 0.2) is 0 Å². The van der Waals surface area contributed by atoms with Crippen molar-refractivity contribution in [2.75, 3.05) is 31.6 Å². The number of morpholine rings is 1. The molecule has 0 radical (unpaired) electrons. The molecule has 2 aromatic carbocycles. The summed E-state index contributed by atoms with van der Waals surface area (Å²) in [4.78, 5) is 12.3. The Morgan fingerprint density at radius 1 is 1.15 bits per heavy atom. The summed E-state index contributed by atoms with van der Waals surface area (Å²) in [6.07, 6.45) is 0. The molecule has 1 aliphatic heterocycles. The zero-order valence-corrected chi connectivity index (χ0v) is 16.6. The number of sulfonamides is 1. The highest BCUT2D eigenvalue weighted by molar-refractivity contribution is 14.1. The van der Waals surface area contributed by atoms with Crippen LogP contribution in [-0.2, 0) is 14.8 Å². The van der Waals surface area contributed by atoms with Gasteiger partial charge in [-0.2, -0.15) is 4.31 Å². The Morgan fingerprint density at radius 2 is 1.88 bits per heavy atom. The molecule has 1 amide bonds. The Hall–Kier alpha value is -1.56. The van der Waals surface area contributed by atoms with Crippen LogP contribution in [0.2, 0.25) is 0 Å². The van der Waals surface area contributed by atoms with Gasteiger partial charge in [0.2, 0.25) is 10.0 Å². The van der Waals surface area contributed by atoms with Gasteiger partial charge in [0.05, 0.1) is 23.7 Å². The molecule has 1 N–H and O–H groups in total. The third-order valence-corrected chi connectivity index (χ3v) is 6.44. The van der Waals surface area contributed by atoms with Crippen molar-refractivity contribution in [3.8, 4) is 0 Å². The zero-order valence-electron chi connectivity index (χ0n) is 13.6. The standard InChI is InChI=1S/C17H16FIN2O4S/c18-16-5-4-14(26(23,24)21-6-8-25-9-7-21)11-15(16)17(22)20-13-3-1-2-12(19)10-13/h1-5,10-11H,6-9H2,(H,20,22). The first-order valence-electron chi connectivity index (χ1n) is 7.82. The SMILES string of the molecule is O=C(Nc1cccc(I)c1)c1cc(S(=O)(=O)N2CCOCC2)ccc1F. The fraction of sp³-hybridized carbons (Fsp3) is 0.235. The van der Waals surface area contributed by atoms with Gasteiger partial charge in [0, 0.05) is 22.3 Å². The largest absolute Gasteiger partial charge is 0.379 e. The van der Waals surface area contributed by atoms with Gasteiger partial charge < -0.3 is 10.1 Å². The van der Waals surface area contributed by atoms with E-state index in [1.807, 2.05) is 6.07 Å². The topological polar surface area (TPSA) is 75.7 Å². The number of amides is 1. The molecule has 1 fully saturated rings. The Kier molecular flexibility index (Phi) is 5.90. The summed E-state index contributed by atoms with van der Waals surface area (Å²) in [6, 6.07) is 10.2. The number of hydrogen-bond acceptors (Lipinski definition) is 4. The quantitative estimate of drug-likeness (QED) is 0.670. The van der Waals surface area contributed by atoms with Crippen LogP contribution in [0.5, 0.6) is 0 Å². The van der Waals surface area contributed by atoms with E-state index in [9.17, 15) is 17.6 Å². The van der Waals surface area contributed by atoms with Crippen molar-refractivity contribution < 1.29 is 22.3 Å². The average Bonchev–Trinajstić information content (AvgIpc) is 2.62. The second-order valence-corrected chi connectivity index (χ2v) is 8.81. The highest BCUT2D eigenvalue weighted by Gasteiger charge is 2.27. The Bertz CT molecular complexity index is 930. The molecule has 0 atom stereocenters. The molecular weight excluding hydrogens is 474 g/mol. The van der Waals surface area contributed by atoms with Crippen molar-refractivity contribution in [2.24, 2.45) is 0 Å². The normalized spacial score (nSPS) is 15.6. The lowest BCUT2D eigenvalue weighted by molar-refractivity contribution is 0.0730. The van der Waals surface area contributed by atoms with Crippen LogP contribution in [0.25, 0.3) is 0 Å². The highest BCUT2D eigenvalue weighted by atomic mass is 127. The van der Waals surface area contributed by atoms with Crippen molar-refractivity contribution in [3.63, 3.8) is 0 Å². The van der Waals surface area contributed by atoms with Crippen LogP contribution in [0.4, 0.5) is 10.1 Å². The maximum Gasteiger partial charge on any atom is 0.258 e. The van der Waals surface area contributed by atoms with E-state index >= 15 is 0 Å². The smallest absolute Gasteiger partial charge is 0.258 e. The fourth-order valence-electron chi connectivity index (χ4n) is 2.54. The van der Waals surface area contributed by atoms with Gasteiger partial charge in [-0.05, 0) is 59.0 Å². The van der Waals surface area contributed by atoms with Gasteiger partial charge in [-0.3, -0.25) is 4.79 Å². The Balaban J connectivity index is 1.88. The average molecular weight is 490 g/mol. The minimum Gasteiger partial charge on any atom is -0.379 e. The van der Waals surface area contributed by atoms with E-state index < -0.39 is 21.7 Å². The first-order valence-corrected chi connectivity index (χ1v) is 10.3. The minimum absolute atomic E-state index is 0.117. The van der Waals surface area contributed by atoms with E-state index in [0.29, 0.717) is 18.9 Å². The highest BCUT2D eigenvalue weighted by Crippen LogP contribution is 2.21. The number of nitrogens with zero attached hydrogens (tertiary/aromatic N) is 1. The molecule has 0 spiro atoms. The molecule has 0 bridgehead atoms. The van der Waals surface area contributed by atoms with Crippen molar-refractivity contribution >= 4 is 44.2 Å². The monoisotopic (exact) mass is 490 g/mol. The number of carbonyl (C=O) groups is 1. The van der Waals surface area contributed by atoms with Crippen LogP contribution in [0.15, 0.2) is 47.4 Å². The van der Waals surface area contributed by atoms with Crippen LogP contribution < -0.4 is 5.32 Å². The van der Waals surface area contributed by atoms with Crippen LogP contribution in [0.1, 0.15) is 10.4 Å². The number of benzene rings is 2. The van der Waals surface area contributed by atoms with E-state index in [2.05, 4.69) is 27.9 Å². The van der Waals surface area contributed by atoms with Gasteiger partial charge in [-0.25, -0.2) is 12.8 Å². The molecule has 138 valence electrons. The number of carbonyl (C=O) groups excluding carboxylic acids is 1. The third kappa shape index (κ3) is 4.22. The molecule has 0 unspecified atom stereocenters. The molecular formula is C17H16FIN2O4S. The number of halogens is 2. The molecule has 6 nitrogen and oxygen atoms in total. The molecule has 1 heterocycles. The van der Waals surface area contributed by atoms with E-state index in [1.54, 1.807) is 18.2 Å². The van der Waals surface area contributed by atoms with Crippen LogP contribution in [-0.4, -0.2) is 44.9 Å². The number of hydrogen-bond donors (Lipinski definition) is 1. The van der Waals surface area contributed by atoms with Crippen LogP contribution in [0, 0.1) is 9.39 Å². The lowest BCUT2D eigenvalue weighted by Crippen LogP contribution is -2.40. The van der Waals surface area contributed by atoms with E-state index in [4.69, 9.17) is 4.74 Å². The van der Waals surface area contributed by atoms with Gasteiger partial charge in [0.1, 0.15) is 5.82 Å². The minimum atomic E-state index is -3.81. The Morgan fingerprint density at radius 3 is 2.58 bits per heavy atom. The van der Waals surface area contributed by atoms with Gasteiger partial charge in [-0.1, -0.05) is 6.07 Å². The van der Waals surface area contributed by atoms with Crippen molar-refractivity contribution in [3.05, 3.63) is 57.4 Å². The molecule has 9 heteroatoms. The Labute approximate surface area is 164 Å². The molecule has 1 saturated heterocycles. The number of anilines is 1. The zero-order chi connectivity index (χ0) is 18.7. The van der Waals surface area contributed by atoms with Gasteiger partial charge >= 0.3 is 0 Å². The van der Waals surface area contributed by atoms with E-state index in [1.165, 1.54) is 10.4 Å². The number of rotatable bonds is 4. The number of ether oxygens (including phenoxy) is 1. The summed E-state index contributed by atoms with van der Waals surface area (Å²) in [5.74, 6) is -1.49. The summed E-state index contributed by atoms with van der Waals surface area (Å²) in [7, 11) is -3.81. The lowest BCUT2D eigenvalue weighted by atomic mass is 10.2. The maximum absolute atomic E-state index is 14.1. The van der Waals surface area contributed by atoms with Crippen LogP contribution in [0.3, 0.4) is 0 Å². The summed E-state index contributed by atoms with van der Waals surface area (Å²) < 4.78 is 46.9. The summed E-state index contributed by atoms with van der Waals surface area (Å²) in [5.41, 5.74) is 0.181. The first-order chi connectivity index (χ1) is 12.4. The molecule has 26 heavy (non-hydrogen) atoms. The molecule has 0 aliphatic carbocycles. The molecule has 0 aromatic heterocycles. The van der Waals surface area contributed by atoms with Gasteiger partial charge in [0.25, 0.3) is 5.91 Å². The van der Waals surface area contributed by atoms with Crippen molar-refractivity contribution in [1.29, 1.82) is 0 Å². The third-order valence-electron chi connectivity index (χ3n) is 3.87. The fourth-order valence-corrected chi connectivity index (χ4v) is 4.52. The van der Waals surface area contributed by atoms with E-state index in [0.717, 1.165) is 15.7 Å². The summed E-state index contributed by atoms with van der Waals surface area (Å²) in [6.45, 7) is 1.06. The second-order valence-electron chi connectivity index (χ2n) is 5.62. The van der Waals surface area contributed by atoms with Crippen LogP contribution >= 0.6 is 22.6 Å². The number of nitrogens with one attached hydrogen (secondary N) is 1. The molecule has 1 aliphatic rings. The predicted octanol–water partition coefficient (Wildman–Crippen LogP) is 2.70. The molecule has 2 aromatic rings. The van der Waals surface area contributed by atoms with Crippen molar-refractivity contribution in [1.82, 2.24) is 4.31 Å². The van der Waals surface area contributed by atoms with Crippen molar-refractivity contribution in [2.45, 2.75) is 4.90 Å². The summed E-state index contributed by atoms with van der Waals surface area (Å²) >= 11 is 2.09. The first kappa shape index (κ1) is 19.2. The van der Waals surface area contributed by atoms with E-state index in [-0.39, 0.29) is 23.5 Å². The summed E-state index contributed by atoms with van der Waals surface area (Å²) in [5, 5.41) is 2.59. The van der Waals surface area contributed by atoms with Gasteiger partial charge in [-0.15, -0.1) is 0 Å². The maximum atomic E-state index is 14.1. The molecule has 3 rings (SSSR count).